The second-order valence-corrected chi connectivity index (χ2v) is 3.03. The summed E-state index contributed by atoms with van der Waals surface area (Å²) >= 11 is 0. The molecule has 14 heavy (non-hydrogen) atoms. The number of nitrogens with zero attached hydrogens (tertiary/aromatic N) is 1. The maximum atomic E-state index is 10.5. The molecule has 5 heteroatoms. The van der Waals surface area contributed by atoms with Gasteiger partial charge in [0.2, 0.25) is 0 Å². The van der Waals surface area contributed by atoms with Crippen LogP contribution in [0, 0.1) is 17.0 Å². The number of anilines is 1. The Bertz CT molecular complexity index is 339. The number of nitro benzene ring substituents is 1. The molecule has 1 rings (SSSR count). The summed E-state index contributed by atoms with van der Waals surface area (Å²) in [7, 11) is 0. The van der Waals surface area contributed by atoms with Crippen molar-refractivity contribution in [2.24, 2.45) is 5.73 Å². The van der Waals surface area contributed by atoms with E-state index in [4.69, 9.17) is 5.73 Å². The molecule has 1 aromatic carbocycles. The van der Waals surface area contributed by atoms with Gasteiger partial charge in [0.05, 0.1) is 4.92 Å². The third kappa shape index (κ3) is 2.70. The summed E-state index contributed by atoms with van der Waals surface area (Å²) in [5.74, 6) is 0. The van der Waals surface area contributed by atoms with Crippen molar-refractivity contribution in [3.8, 4) is 0 Å². The van der Waals surface area contributed by atoms with Gasteiger partial charge in [-0.25, -0.2) is 0 Å². The highest BCUT2D eigenvalue weighted by molar-refractivity contribution is 5.53. The van der Waals surface area contributed by atoms with Crippen LogP contribution < -0.4 is 11.1 Å². The van der Waals surface area contributed by atoms with E-state index in [1.807, 2.05) is 13.0 Å². The third-order valence-electron chi connectivity index (χ3n) is 1.75. The lowest BCUT2D eigenvalue weighted by atomic mass is 10.2. The van der Waals surface area contributed by atoms with Crippen LogP contribution in [0.2, 0.25) is 0 Å². The zero-order valence-corrected chi connectivity index (χ0v) is 7.99. The highest BCUT2D eigenvalue weighted by atomic mass is 16.6. The maximum absolute atomic E-state index is 10.5. The largest absolute Gasteiger partial charge is 0.384 e. The fourth-order valence-corrected chi connectivity index (χ4v) is 1.19. The topological polar surface area (TPSA) is 81.2 Å². The Morgan fingerprint density at radius 3 is 2.79 bits per heavy atom. The average Bonchev–Trinajstić information content (AvgIpc) is 2.14. The van der Waals surface area contributed by atoms with Gasteiger partial charge in [-0.2, -0.15) is 0 Å². The van der Waals surface area contributed by atoms with E-state index in [0.717, 1.165) is 11.3 Å². The Hall–Kier alpha value is -1.62. The first-order valence-electron chi connectivity index (χ1n) is 4.33. The van der Waals surface area contributed by atoms with Crippen molar-refractivity contribution < 1.29 is 4.92 Å². The summed E-state index contributed by atoms with van der Waals surface area (Å²) in [5, 5.41) is 13.5. The summed E-state index contributed by atoms with van der Waals surface area (Å²) in [6.07, 6.45) is 0. The molecule has 0 atom stereocenters. The number of nitrogens with two attached hydrogens (primary N) is 1. The van der Waals surface area contributed by atoms with E-state index in [2.05, 4.69) is 5.32 Å². The zero-order valence-electron chi connectivity index (χ0n) is 7.99. The number of rotatable bonds is 4. The van der Waals surface area contributed by atoms with E-state index in [9.17, 15) is 10.1 Å². The first kappa shape index (κ1) is 10.5. The molecule has 0 aliphatic rings. The Balaban J connectivity index is 2.89. The molecule has 3 N–H and O–H groups in total. The van der Waals surface area contributed by atoms with E-state index in [0.29, 0.717) is 13.1 Å². The van der Waals surface area contributed by atoms with Crippen molar-refractivity contribution in [1.29, 1.82) is 0 Å². The summed E-state index contributed by atoms with van der Waals surface area (Å²) in [6, 6.07) is 4.89. The Kier molecular flexibility index (Phi) is 3.41. The minimum atomic E-state index is -0.402. The fraction of sp³-hybridized carbons (Fsp3) is 0.333. The number of nitro groups is 1. The molecule has 0 fully saturated rings. The third-order valence-corrected chi connectivity index (χ3v) is 1.75. The molecule has 0 spiro atoms. The number of nitrogens with one attached hydrogen (secondary N) is 1. The van der Waals surface area contributed by atoms with E-state index >= 15 is 0 Å². The number of hydrogen-bond acceptors (Lipinski definition) is 4. The summed E-state index contributed by atoms with van der Waals surface area (Å²) < 4.78 is 0. The molecule has 0 aliphatic heterocycles. The van der Waals surface area contributed by atoms with Crippen LogP contribution in [0.5, 0.6) is 0 Å². The molecule has 0 unspecified atom stereocenters. The van der Waals surface area contributed by atoms with E-state index in [1.54, 1.807) is 0 Å². The van der Waals surface area contributed by atoms with Crippen LogP contribution in [0.1, 0.15) is 5.56 Å². The lowest BCUT2D eigenvalue weighted by Crippen LogP contribution is -2.13. The van der Waals surface area contributed by atoms with Crippen LogP contribution in [-0.4, -0.2) is 18.0 Å². The maximum Gasteiger partial charge on any atom is 0.271 e. The van der Waals surface area contributed by atoms with Gasteiger partial charge in [0.25, 0.3) is 5.69 Å². The Morgan fingerprint density at radius 2 is 2.21 bits per heavy atom. The molecule has 0 aromatic heterocycles. The van der Waals surface area contributed by atoms with Crippen LogP contribution in [0.25, 0.3) is 0 Å². The van der Waals surface area contributed by atoms with Crippen molar-refractivity contribution in [3.05, 3.63) is 33.9 Å². The Labute approximate surface area is 82.1 Å². The average molecular weight is 195 g/mol. The molecule has 0 heterocycles. The highest BCUT2D eigenvalue weighted by Crippen LogP contribution is 2.19. The van der Waals surface area contributed by atoms with Crippen LogP contribution >= 0.6 is 0 Å². The fourth-order valence-electron chi connectivity index (χ4n) is 1.19. The number of aryl methyl sites for hydroxylation is 1. The summed E-state index contributed by atoms with van der Waals surface area (Å²) in [5.41, 5.74) is 7.02. The molecule has 0 bridgehead atoms. The summed E-state index contributed by atoms with van der Waals surface area (Å²) in [6.45, 7) is 2.93. The second kappa shape index (κ2) is 4.57. The second-order valence-electron chi connectivity index (χ2n) is 3.03. The number of hydrogen-bond donors (Lipinski definition) is 2. The van der Waals surface area contributed by atoms with Gasteiger partial charge >= 0.3 is 0 Å². The van der Waals surface area contributed by atoms with Gasteiger partial charge in [0.1, 0.15) is 0 Å². The molecular formula is C9H13N3O2. The van der Waals surface area contributed by atoms with Crippen molar-refractivity contribution in [1.82, 2.24) is 0 Å². The van der Waals surface area contributed by atoms with Gasteiger partial charge in [-0.1, -0.05) is 0 Å². The number of benzene rings is 1. The van der Waals surface area contributed by atoms with Crippen LogP contribution in [0.3, 0.4) is 0 Å². The monoisotopic (exact) mass is 195 g/mol. The van der Waals surface area contributed by atoms with Crippen LogP contribution in [-0.2, 0) is 0 Å². The first-order chi connectivity index (χ1) is 6.63. The van der Waals surface area contributed by atoms with E-state index in [1.165, 1.54) is 12.1 Å². The SMILES string of the molecule is Cc1cc(NCCN)cc([N+](=O)[O-])c1. The minimum Gasteiger partial charge on any atom is -0.384 e. The normalized spacial score (nSPS) is 9.86. The van der Waals surface area contributed by atoms with Crippen LogP contribution in [0.15, 0.2) is 18.2 Å². The quantitative estimate of drug-likeness (QED) is 0.560. The zero-order chi connectivity index (χ0) is 10.6. The molecule has 0 radical (unpaired) electrons. The number of non-ortho nitro benzene ring substituents is 1. The van der Waals surface area contributed by atoms with Crippen molar-refractivity contribution in [2.45, 2.75) is 6.92 Å². The molecule has 5 nitrogen and oxygen atoms in total. The predicted molar refractivity (Wildman–Crippen MR) is 55.4 cm³/mol. The minimum absolute atomic E-state index is 0.101. The Morgan fingerprint density at radius 1 is 1.50 bits per heavy atom. The van der Waals surface area contributed by atoms with Gasteiger partial charge in [0.15, 0.2) is 0 Å². The van der Waals surface area contributed by atoms with E-state index in [-0.39, 0.29) is 5.69 Å². The standard InChI is InChI=1S/C9H13N3O2/c1-7-4-8(11-3-2-10)6-9(5-7)12(13)14/h4-6,11H,2-3,10H2,1H3. The molecular weight excluding hydrogens is 182 g/mol. The summed E-state index contributed by atoms with van der Waals surface area (Å²) in [4.78, 5) is 10.1. The molecule has 76 valence electrons. The van der Waals surface area contributed by atoms with Gasteiger partial charge in [-0.3, -0.25) is 10.1 Å². The van der Waals surface area contributed by atoms with E-state index < -0.39 is 4.92 Å². The molecule has 1 aromatic rings. The van der Waals surface area contributed by atoms with Gasteiger partial charge in [-0.05, 0) is 18.6 Å². The molecule has 0 amide bonds. The molecule has 0 saturated carbocycles. The lowest BCUT2D eigenvalue weighted by Gasteiger charge is -2.05. The van der Waals surface area contributed by atoms with Crippen LogP contribution in [0.4, 0.5) is 11.4 Å². The molecule has 0 saturated heterocycles. The van der Waals surface area contributed by atoms with Gasteiger partial charge in [-0.15, -0.1) is 0 Å². The lowest BCUT2D eigenvalue weighted by molar-refractivity contribution is -0.384. The molecule has 0 aliphatic carbocycles. The highest BCUT2D eigenvalue weighted by Gasteiger charge is 2.07. The van der Waals surface area contributed by atoms with Gasteiger partial charge < -0.3 is 11.1 Å². The van der Waals surface area contributed by atoms with Crippen molar-refractivity contribution in [3.63, 3.8) is 0 Å². The predicted octanol–water partition coefficient (Wildman–Crippen LogP) is 1.27. The van der Waals surface area contributed by atoms with Crippen molar-refractivity contribution in [2.75, 3.05) is 18.4 Å². The smallest absolute Gasteiger partial charge is 0.271 e. The van der Waals surface area contributed by atoms with Crippen molar-refractivity contribution >= 4 is 11.4 Å². The first-order valence-corrected chi connectivity index (χ1v) is 4.33. The van der Waals surface area contributed by atoms with Gasteiger partial charge in [0, 0.05) is 30.9 Å².